The van der Waals surface area contributed by atoms with Crippen molar-refractivity contribution in [2.75, 3.05) is 0 Å². The summed E-state index contributed by atoms with van der Waals surface area (Å²) in [5, 5.41) is 0. The van der Waals surface area contributed by atoms with Crippen molar-refractivity contribution < 1.29 is 14.3 Å². The SMILES string of the molecule is CC=CC(C)[C@@H]1OC(=O)[C@@H](C)C(=O)[C@@H]1C. The largest absolute Gasteiger partial charge is 0.460 e. The highest BCUT2D eigenvalue weighted by molar-refractivity contribution is 6.01. The predicted octanol–water partition coefficient (Wildman–Crippen LogP) is 1.97. The first-order valence-corrected chi connectivity index (χ1v) is 5.36. The predicted molar refractivity (Wildman–Crippen MR) is 57.2 cm³/mol. The molecule has 0 aromatic heterocycles. The molecular formula is C12H18O3. The zero-order valence-corrected chi connectivity index (χ0v) is 9.69. The standard InChI is InChI=1S/C12H18O3/c1-5-6-7(2)11-8(3)10(13)9(4)12(14)15-11/h5-9,11H,1-4H3/t7?,8-,9-,11-/m0/s1. The lowest BCUT2D eigenvalue weighted by Crippen LogP contribution is -2.46. The molecule has 0 saturated carbocycles. The van der Waals surface area contributed by atoms with Gasteiger partial charge in [-0.25, -0.2) is 0 Å². The average molecular weight is 210 g/mol. The Morgan fingerprint density at radius 2 is 1.93 bits per heavy atom. The van der Waals surface area contributed by atoms with Crippen molar-refractivity contribution in [2.24, 2.45) is 17.8 Å². The first-order valence-electron chi connectivity index (χ1n) is 5.36. The molecule has 0 bridgehead atoms. The minimum absolute atomic E-state index is 0.00685. The fraction of sp³-hybridized carbons (Fsp3) is 0.667. The Hall–Kier alpha value is -1.12. The van der Waals surface area contributed by atoms with E-state index in [0.29, 0.717) is 0 Å². The molecule has 0 aromatic rings. The van der Waals surface area contributed by atoms with E-state index < -0.39 is 5.92 Å². The molecule has 0 N–H and O–H groups in total. The summed E-state index contributed by atoms with van der Waals surface area (Å²) in [4.78, 5) is 23.1. The highest BCUT2D eigenvalue weighted by atomic mass is 16.5. The van der Waals surface area contributed by atoms with E-state index in [-0.39, 0.29) is 29.7 Å². The minimum Gasteiger partial charge on any atom is -0.460 e. The van der Waals surface area contributed by atoms with Crippen LogP contribution in [-0.4, -0.2) is 17.9 Å². The Morgan fingerprint density at radius 1 is 1.33 bits per heavy atom. The van der Waals surface area contributed by atoms with Gasteiger partial charge in [0.25, 0.3) is 0 Å². The van der Waals surface area contributed by atoms with Crippen LogP contribution in [-0.2, 0) is 14.3 Å². The van der Waals surface area contributed by atoms with E-state index in [4.69, 9.17) is 4.74 Å². The van der Waals surface area contributed by atoms with Crippen LogP contribution in [0.2, 0.25) is 0 Å². The van der Waals surface area contributed by atoms with Crippen LogP contribution in [0.4, 0.5) is 0 Å². The van der Waals surface area contributed by atoms with Gasteiger partial charge in [-0.15, -0.1) is 0 Å². The zero-order valence-electron chi connectivity index (χ0n) is 9.69. The summed E-state index contributed by atoms with van der Waals surface area (Å²) >= 11 is 0. The van der Waals surface area contributed by atoms with Crippen LogP contribution in [0.25, 0.3) is 0 Å². The molecule has 0 radical (unpaired) electrons. The molecule has 1 aliphatic heterocycles. The molecule has 1 unspecified atom stereocenters. The smallest absolute Gasteiger partial charge is 0.316 e. The number of Topliss-reactive ketones (excluding diaryl/α,β-unsaturated/α-hetero) is 1. The van der Waals surface area contributed by atoms with E-state index >= 15 is 0 Å². The van der Waals surface area contributed by atoms with Crippen molar-refractivity contribution in [2.45, 2.75) is 33.8 Å². The minimum atomic E-state index is -0.603. The molecule has 1 rings (SSSR count). The van der Waals surface area contributed by atoms with Gasteiger partial charge in [0.2, 0.25) is 0 Å². The molecule has 4 atom stereocenters. The number of hydrogen-bond acceptors (Lipinski definition) is 3. The summed E-state index contributed by atoms with van der Waals surface area (Å²) in [5.41, 5.74) is 0. The Balaban J connectivity index is 2.83. The number of allylic oxidation sites excluding steroid dienone is 1. The van der Waals surface area contributed by atoms with Gasteiger partial charge in [-0.05, 0) is 13.8 Å². The number of ether oxygens (including phenoxy) is 1. The van der Waals surface area contributed by atoms with Gasteiger partial charge in [-0.2, -0.15) is 0 Å². The number of rotatable bonds is 2. The van der Waals surface area contributed by atoms with E-state index in [1.54, 1.807) is 6.92 Å². The highest BCUT2D eigenvalue weighted by Gasteiger charge is 2.41. The van der Waals surface area contributed by atoms with Crippen molar-refractivity contribution in [1.82, 2.24) is 0 Å². The number of hydrogen-bond donors (Lipinski definition) is 0. The van der Waals surface area contributed by atoms with E-state index in [1.165, 1.54) is 0 Å². The van der Waals surface area contributed by atoms with Gasteiger partial charge in [0, 0.05) is 5.92 Å². The molecule has 0 aromatic carbocycles. The van der Waals surface area contributed by atoms with Gasteiger partial charge in [-0.3, -0.25) is 9.59 Å². The molecule has 3 nitrogen and oxygen atoms in total. The summed E-state index contributed by atoms with van der Waals surface area (Å²) in [6, 6.07) is 0. The molecule has 0 spiro atoms. The molecular weight excluding hydrogens is 192 g/mol. The second kappa shape index (κ2) is 4.60. The van der Waals surface area contributed by atoms with Gasteiger partial charge >= 0.3 is 5.97 Å². The lowest BCUT2D eigenvalue weighted by atomic mass is 9.83. The number of carbonyl (C=O) groups is 2. The fourth-order valence-electron chi connectivity index (χ4n) is 1.99. The number of ketones is 1. The molecule has 1 aliphatic rings. The first kappa shape index (κ1) is 12.0. The lowest BCUT2D eigenvalue weighted by molar-refractivity contribution is -0.171. The van der Waals surface area contributed by atoms with Gasteiger partial charge in [0.1, 0.15) is 12.0 Å². The van der Waals surface area contributed by atoms with Crippen LogP contribution in [0.1, 0.15) is 27.7 Å². The quantitative estimate of drug-likeness (QED) is 0.397. The summed E-state index contributed by atoms with van der Waals surface area (Å²) < 4.78 is 5.28. The molecule has 15 heavy (non-hydrogen) atoms. The van der Waals surface area contributed by atoms with Crippen LogP contribution < -0.4 is 0 Å². The average Bonchev–Trinajstić information content (AvgIpc) is 2.20. The number of carbonyl (C=O) groups excluding carboxylic acids is 2. The molecule has 1 fully saturated rings. The van der Waals surface area contributed by atoms with E-state index in [9.17, 15) is 9.59 Å². The van der Waals surface area contributed by atoms with Crippen molar-refractivity contribution in [3.63, 3.8) is 0 Å². The third-order valence-electron chi connectivity index (χ3n) is 2.99. The molecule has 84 valence electrons. The number of esters is 1. The highest BCUT2D eigenvalue weighted by Crippen LogP contribution is 2.27. The van der Waals surface area contributed by atoms with Crippen LogP contribution in [0.3, 0.4) is 0 Å². The van der Waals surface area contributed by atoms with Crippen LogP contribution >= 0.6 is 0 Å². The van der Waals surface area contributed by atoms with E-state index in [2.05, 4.69) is 0 Å². The lowest BCUT2D eigenvalue weighted by Gasteiger charge is -2.33. The monoisotopic (exact) mass is 210 g/mol. The summed E-state index contributed by atoms with van der Waals surface area (Å²) in [6.07, 6.45) is 3.56. The normalized spacial score (nSPS) is 34.3. The van der Waals surface area contributed by atoms with Crippen molar-refractivity contribution in [3.05, 3.63) is 12.2 Å². The summed E-state index contributed by atoms with van der Waals surface area (Å²) in [7, 11) is 0. The third-order valence-corrected chi connectivity index (χ3v) is 2.99. The Morgan fingerprint density at radius 3 is 2.47 bits per heavy atom. The van der Waals surface area contributed by atoms with Gasteiger partial charge in [0.15, 0.2) is 5.78 Å². The second-order valence-corrected chi connectivity index (χ2v) is 4.20. The van der Waals surface area contributed by atoms with Crippen LogP contribution in [0.15, 0.2) is 12.2 Å². The van der Waals surface area contributed by atoms with Gasteiger partial charge < -0.3 is 4.74 Å². The van der Waals surface area contributed by atoms with Crippen molar-refractivity contribution in [1.29, 1.82) is 0 Å². The van der Waals surface area contributed by atoms with Gasteiger partial charge in [-0.1, -0.05) is 26.0 Å². The van der Waals surface area contributed by atoms with Crippen molar-refractivity contribution >= 4 is 11.8 Å². The first-order chi connectivity index (χ1) is 6.99. The Bertz CT molecular complexity index is 293. The topological polar surface area (TPSA) is 43.4 Å². The fourth-order valence-corrected chi connectivity index (χ4v) is 1.99. The van der Waals surface area contributed by atoms with Crippen LogP contribution in [0, 0.1) is 17.8 Å². The van der Waals surface area contributed by atoms with Crippen molar-refractivity contribution in [3.8, 4) is 0 Å². The molecule has 0 aliphatic carbocycles. The second-order valence-electron chi connectivity index (χ2n) is 4.20. The molecule has 3 heteroatoms. The Kier molecular flexibility index (Phi) is 3.66. The summed E-state index contributed by atoms with van der Waals surface area (Å²) in [6.45, 7) is 7.31. The molecule has 1 heterocycles. The molecule has 1 saturated heterocycles. The zero-order chi connectivity index (χ0) is 11.6. The summed E-state index contributed by atoms with van der Waals surface area (Å²) in [5.74, 6) is -1.12. The Labute approximate surface area is 90.5 Å². The maximum atomic E-state index is 11.7. The molecule has 0 amide bonds. The van der Waals surface area contributed by atoms with E-state index in [1.807, 2.05) is 32.9 Å². The number of cyclic esters (lactones) is 1. The van der Waals surface area contributed by atoms with E-state index in [0.717, 1.165) is 0 Å². The van der Waals surface area contributed by atoms with Crippen LogP contribution in [0.5, 0.6) is 0 Å². The third kappa shape index (κ3) is 2.28. The maximum absolute atomic E-state index is 11.7. The van der Waals surface area contributed by atoms with Gasteiger partial charge in [0.05, 0.1) is 5.92 Å². The maximum Gasteiger partial charge on any atom is 0.316 e.